The van der Waals surface area contributed by atoms with E-state index in [1.54, 1.807) is 0 Å². The summed E-state index contributed by atoms with van der Waals surface area (Å²) < 4.78 is 0. The second kappa shape index (κ2) is 5.14. The van der Waals surface area contributed by atoms with Crippen LogP contribution in [0, 0.1) is 0 Å². The van der Waals surface area contributed by atoms with Crippen molar-refractivity contribution in [1.82, 2.24) is 4.90 Å². The van der Waals surface area contributed by atoms with E-state index in [4.69, 9.17) is 5.73 Å². The molecule has 1 aliphatic rings. The van der Waals surface area contributed by atoms with Gasteiger partial charge in [0.2, 0.25) is 0 Å². The van der Waals surface area contributed by atoms with Gasteiger partial charge in [-0.2, -0.15) is 0 Å². The number of hydrogen-bond acceptors (Lipinski definition) is 1. The lowest BCUT2D eigenvalue weighted by molar-refractivity contribution is 0.390. The molecular weight excluding hydrogens is 234 g/mol. The highest BCUT2D eigenvalue weighted by atomic mass is 15.3. The summed E-state index contributed by atoms with van der Waals surface area (Å²) in [4.78, 5) is 6.61. The molecule has 2 aromatic carbocycles. The number of aliphatic imine (C=N–C) groups is 1. The summed E-state index contributed by atoms with van der Waals surface area (Å²) >= 11 is 0. The lowest BCUT2D eigenvalue weighted by Crippen LogP contribution is -2.40. The second-order valence-electron chi connectivity index (χ2n) is 4.75. The van der Waals surface area contributed by atoms with E-state index in [0.717, 1.165) is 25.2 Å². The van der Waals surface area contributed by atoms with E-state index in [-0.39, 0.29) is 0 Å². The molecule has 1 heterocycles. The van der Waals surface area contributed by atoms with Crippen LogP contribution in [0.1, 0.15) is 11.1 Å². The van der Waals surface area contributed by atoms with Gasteiger partial charge in [0, 0.05) is 13.1 Å². The van der Waals surface area contributed by atoms with Crippen molar-refractivity contribution in [1.29, 1.82) is 0 Å². The Morgan fingerprint density at radius 3 is 2.42 bits per heavy atom. The van der Waals surface area contributed by atoms with Crippen molar-refractivity contribution in [3.8, 4) is 0 Å². The van der Waals surface area contributed by atoms with Gasteiger partial charge in [-0.15, -0.1) is 0 Å². The van der Waals surface area contributed by atoms with Crippen molar-refractivity contribution in [2.75, 3.05) is 6.54 Å². The number of nitrogens with zero attached hydrogens (tertiary/aromatic N) is 2. The lowest BCUT2D eigenvalue weighted by atomic mass is 10.0. The molecule has 0 aliphatic carbocycles. The van der Waals surface area contributed by atoms with Crippen LogP contribution in [0.4, 0.5) is 5.69 Å². The van der Waals surface area contributed by atoms with Crippen LogP contribution in [0.25, 0.3) is 0 Å². The maximum atomic E-state index is 6.11. The Morgan fingerprint density at radius 2 is 1.63 bits per heavy atom. The van der Waals surface area contributed by atoms with E-state index in [9.17, 15) is 0 Å². The zero-order valence-electron chi connectivity index (χ0n) is 10.8. The normalized spacial score (nSPS) is 15.2. The molecule has 0 unspecified atom stereocenters. The molecule has 96 valence electrons. The quantitative estimate of drug-likeness (QED) is 0.625. The van der Waals surface area contributed by atoms with Gasteiger partial charge in [-0.05, 0) is 29.7 Å². The highest BCUT2D eigenvalue weighted by Crippen LogP contribution is 2.19. The van der Waals surface area contributed by atoms with E-state index in [0.29, 0.717) is 5.96 Å². The molecule has 19 heavy (non-hydrogen) atoms. The molecule has 0 fully saturated rings. The number of fused-ring (bicyclic) bond motifs is 1. The van der Waals surface area contributed by atoms with Crippen molar-refractivity contribution < 1.29 is 0 Å². The zero-order valence-corrected chi connectivity index (χ0v) is 10.8. The van der Waals surface area contributed by atoms with Crippen LogP contribution in [-0.2, 0) is 13.0 Å². The number of benzene rings is 2. The molecule has 2 N–H and O–H groups in total. The van der Waals surface area contributed by atoms with E-state index >= 15 is 0 Å². The summed E-state index contributed by atoms with van der Waals surface area (Å²) in [7, 11) is 0. The molecule has 3 rings (SSSR count). The first-order chi connectivity index (χ1) is 9.33. The average molecular weight is 251 g/mol. The molecule has 1 aliphatic heterocycles. The van der Waals surface area contributed by atoms with Crippen molar-refractivity contribution in [3.05, 3.63) is 65.7 Å². The Morgan fingerprint density at radius 1 is 0.947 bits per heavy atom. The number of nitrogens with two attached hydrogens (primary N) is 1. The van der Waals surface area contributed by atoms with Crippen molar-refractivity contribution in [3.63, 3.8) is 0 Å². The molecule has 0 atom stereocenters. The fourth-order valence-electron chi connectivity index (χ4n) is 2.40. The highest BCUT2D eigenvalue weighted by molar-refractivity contribution is 5.81. The number of hydrogen-bond donors (Lipinski definition) is 1. The van der Waals surface area contributed by atoms with Crippen LogP contribution in [0.2, 0.25) is 0 Å². The number of rotatable bonds is 1. The summed E-state index contributed by atoms with van der Waals surface area (Å²) in [5.41, 5.74) is 9.78. The Labute approximate surface area is 113 Å². The van der Waals surface area contributed by atoms with Crippen LogP contribution in [0.3, 0.4) is 0 Å². The van der Waals surface area contributed by atoms with Crippen molar-refractivity contribution in [2.45, 2.75) is 13.0 Å². The second-order valence-corrected chi connectivity index (χ2v) is 4.75. The summed E-state index contributed by atoms with van der Waals surface area (Å²) in [6.07, 6.45) is 1.03. The van der Waals surface area contributed by atoms with Gasteiger partial charge in [-0.25, -0.2) is 4.99 Å². The number of para-hydroxylation sites is 1. The molecule has 3 nitrogen and oxygen atoms in total. The third-order valence-corrected chi connectivity index (χ3v) is 3.45. The van der Waals surface area contributed by atoms with Gasteiger partial charge >= 0.3 is 0 Å². The Bertz CT molecular complexity index is 590. The smallest absolute Gasteiger partial charge is 0.196 e. The first-order valence-corrected chi connectivity index (χ1v) is 6.54. The molecule has 3 heteroatoms. The monoisotopic (exact) mass is 251 g/mol. The summed E-state index contributed by atoms with van der Waals surface area (Å²) in [5.74, 6) is 0.598. The van der Waals surface area contributed by atoms with E-state index in [2.05, 4.69) is 34.2 Å². The Hall–Kier alpha value is -2.29. The maximum absolute atomic E-state index is 6.11. The topological polar surface area (TPSA) is 41.6 Å². The van der Waals surface area contributed by atoms with E-state index < -0.39 is 0 Å². The Kier molecular flexibility index (Phi) is 3.19. The van der Waals surface area contributed by atoms with Gasteiger partial charge in [0.05, 0.1) is 5.69 Å². The largest absolute Gasteiger partial charge is 0.369 e. The first kappa shape index (κ1) is 11.8. The standard InChI is InChI=1S/C16H17N3/c17-16(18-15-8-2-1-3-9-15)19-11-10-13-6-4-5-7-14(13)12-19/h1-9H,10-12H2,(H2,17,18). The minimum absolute atomic E-state index is 0.598. The molecule has 0 amide bonds. The van der Waals surface area contributed by atoms with Gasteiger partial charge in [-0.3, -0.25) is 0 Å². The summed E-state index contributed by atoms with van der Waals surface area (Å²) in [5, 5.41) is 0. The van der Waals surface area contributed by atoms with Crippen LogP contribution in [0.5, 0.6) is 0 Å². The van der Waals surface area contributed by atoms with Crippen LogP contribution in [0.15, 0.2) is 59.6 Å². The fourth-order valence-corrected chi connectivity index (χ4v) is 2.40. The molecular formula is C16H17N3. The SMILES string of the molecule is NC(=Nc1ccccc1)N1CCc2ccccc2C1. The molecule has 0 saturated heterocycles. The molecule has 0 bridgehead atoms. The molecule has 2 aromatic rings. The first-order valence-electron chi connectivity index (χ1n) is 6.54. The van der Waals surface area contributed by atoms with Crippen molar-refractivity contribution >= 4 is 11.6 Å². The Balaban J connectivity index is 1.80. The molecule has 0 saturated carbocycles. The molecule has 0 radical (unpaired) electrons. The molecule has 0 aromatic heterocycles. The van der Waals surface area contributed by atoms with E-state index in [1.807, 2.05) is 30.3 Å². The van der Waals surface area contributed by atoms with E-state index in [1.165, 1.54) is 11.1 Å². The summed E-state index contributed by atoms with van der Waals surface area (Å²) in [6, 6.07) is 18.4. The highest BCUT2D eigenvalue weighted by Gasteiger charge is 2.16. The van der Waals surface area contributed by atoms with Crippen LogP contribution < -0.4 is 5.73 Å². The van der Waals surface area contributed by atoms with Gasteiger partial charge in [0.1, 0.15) is 0 Å². The van der Waals surface area contributed by atoms with Gasteiger partial charge < -0.3 is 10.6 Å². The average Bonchev–Trinajstić information content (AvgIpc) is 2.48. The fraction of sp³-hybridized carbons (Fsp3) is 0.188. The van der Waals surface area contributed by atoms with Gasteiger partial charge in [0.25, 0.3) is 0 Å². The lowest BCUT2D eigenvalue weighted by Gasteiger charge is -2.29. The zero-order chi connectivity index (χ0) is 13.1. The third kappa shape index (κ3) is 2.60. The molecule has 0 spiro atoms. The van der Waals surface area contributed by atoms with Crippen LogP contribution >= 0.6 is 0 Å². The third-order valence-electron chi connectivity index (χ3n) is 3.45. The maximum Gasteiger partial charge on any atom is 0.196 e. The number of guanidine groups is 1. The minimum atomic E-state index is 0.598. The predicted octanol–water partition coefficient (Wildman–Crippen LogP) is 2.69. The van der Waals surface area contributed by atoms with Crippen molar-refractivity contribution in [2.24, 2.45) is 10.7 Å². The minimum Gasteiger partial charge on any atom is -0.369 e. The van der Waals surface area contributed by atoms with Gasteiger partial charge in [-0.1, -0.05) is 42.5 Å². The summed E-state index contributed by atoms with van der Waals surface area (Å²) in [6.45, 7) is 1.78. The van der Waals surface area contributed by atoms with Crippen LogP contribution in [-0.4, -0.2) is 17.4 Å². The predicted molar refractivity (Wildman–Crippen MR) is 78.3 cm³/mol. The van der Waals surface area contributed by atoms with Gasteiger partial charge in [0.15, 0.2) is 5.96 Å².